The van der Waals surface area contributed by atoms with Gasteiger partial charge in [-0.15, -0.1) is 0 Å². The molecule has 1 atom stereocenters. The van der Waals surface area contributed by atoms with Gasteiger partial charge in [-0.3, -0.25) is 0 Å². The van der Waals surface area contributed by atoms with Crippen molar-refractivity contribution in [3.63, 3.8) is 0 Å². The predicted octanol–water partition coefficient (Wildman–Crippen LogP) is -2.07. The van der Waals surface area contributed by atoms with Crippen LogP contribution in [0.4, 0.5) is 0 Å². The Kier molecular flexibility index (Phi) is 6.90. The van der Waals surface area contributed by atoms with Crippen LogP contribution in [0.5, 0.6) is 0 Å². The molecule has 1 aromatic rings. The second kappa shape index (κ2) is 6.73. The van der Waals surface area contributed by atoms with Gasteiger partial charge in [0, 0.05) is 11.9 Å². The molecule has 0 heterocycles. The summed E-state index contributed by atoms with van der Waals surface area (Å²) in [4.78, 5) is 10.6. The third kappa shape index (κ3) is 3.91. The van der Waals surface area contributed by atoms with Gasteiger partial charge in [0.05, 0.1) is 0 Å². The van der Waals surface area contributed by atoms with E-state index in [1.807, 2.05) is 37.3 Å². The summed E-state index contributed by atoms with van der Waals surface area (Å²) >= 11 is 0. The molecule has 0 spiro atoms. The molecule has 0 bridgehead atoms. The Morgan fingerprint density at radius 1 is 1.38 bits per heavy atom. The number of hydrogen-bond donors (Lipinski definition) is 0. The maximum Gasteiger partial charge on any atom is 1.00 e. The Hall–Kier alpha value is 0.326. The average molecular weight is 202 g/mol. The Morgan fingerprint density at radius 2 is 1.92 bits per heavy atom. The molecule has 0 aliphatic heterocycles. The molecule has 0 saturated heterocycles. The zero-order valence-electron chi connectivity index (χ0n) is 7.99. The van der Waals surface area contributed by atoms with Gasteiger partial charge in [0.2, 0.25) is 0 Å². The molecule has 2 nitrogen and oxygen atoms in total. The molecule has 1 rings (SSSR count). The van der Waals surface area contributed by atoms with Crippen molar-refractivity contribution in [3.05, 3.63) is 35.9 Å². The molecule has 0 N–H and O–H groups in total. The fraction of sp³-hybridized carbons (Fsp3) is 0.300. The van der Waals surface area contributed by atoms with Crippen molar-refractivity contribution in [3.8, 4) is 0 Å². The van der Waals surface area contributed by atoms with Crippen LogP contribution in [-0.4, -0.2) is 5.97 Å². The van der Waals surface area contributed by atoms with Gasteiger partial charge < -0.3 is 9.90 Å². The van der Waals surface area contributed by atoms with E-state index in [0.717, 1.165) is 5.56 Å². The van der Waals surface area contributed by atoms with E-state index in [1.165, 1.54) is 0 Å². The fourth-order valence-electron chi connectivity index (χ4n) is 1.22. The monoisotopic (exact) mass is 202 g/mol. The van der Waals surface area contributed by atoms with Crippen molar-refractivity contribution >= 4 is 5.97 Å². The number of carboxylic acids is 1. The van der Waals surface area contributed by atoms with Crippen molar-refractivity contribution in [2.75, 3.05) is 0 Å². The smallest absolute Gasteiger partial charge is 0.549 e. The summed E-state index contributed by atoms with van der Waals surface area (Å²) in [6.45, 7) is 1.84. The first-order valence-electron chi connectivity index (χ1n) is 4.01. The van der Waals surface area contributed by atoms with Crippen molar-refractivity contribution in [1.29, 1.82) is 0 Å². The predicted molar refractivity (Wildman–Crippen MR) is 44.5 cm³/mol. The number of benzene rings is 1. The number of carboxylic acid groups (broad SMARTS) is 1. The summed E-state index contributed by atoms with van der Waals surface area (Å²) < 4.78 is 0. The molecular formula is C10H11KO2. The second-order valence-corrected chi connectivity index (χ2v) is 2.69. The van der Waals surface area contributed by atoms with Crippen LogP contribution < -0.4 is 56.5 Å². The zero-order chi connectivity index (χ0) is 8.97. The van der Waals surface area contributed by atoms with Gasteiger partial charge in [-0.25, -0.2) is 0 Å². The van der Waals surface area contributed by atoms with E-state index in [2.05, 4.69) is 0 Å². The van der Waals surface area contributed by atoms with Crippen LogP contribution in [0, 0.1) is 0 Å². The van der Waals surface area contributed by atoms with Gasteiger partial charge in [-0.1, -0.05) is 37.3 Å². The van der Waals surface area contributed by atoms with E-state index in [9.17, 15) is 9.90 Å². The maximum atomic E-state index is 10.6. The molecule has 0 radical (unpaired) electrons. The number of aliphatic carboxylic acids is 1. The largest absolute Gasteiger partial charge is 1.00 e. The summed E-state index contributed by atoms with van der Waals surface area (Å²) in [7, 11) is 0. The molecule has 0 saturated carbocycles. The number of carbonyl (C=O) groups excluding carboxylic acids is 1. The number of carbonyl (C=O) groups is 1. The first-order valence-corrected chi connectivity index (χ1v) is 4.01. The number of rotatable bonds is 3. The Labute approximate surface area is 121 Å². The fourth-order valence-corrected chi connectivity index (χ4v) is 1.22. The molecule has 13 heavy (non-hydrogen) atoms. The Bertz CT molecular complexity index is 259. The maximum absolute atomic E-state index is 10.6. The molecular weight excluding hydrogens is 191 g/mol. The van der Waals surface area contributed by atoms with Crippen LogP contribution in [0.25, 0.3) is 0 Å². The van der Waals surface area contributed by atoms with E-state index in [0.29, 0.717) is 6.42 Å². The summed E-state index contributed by atoms with van der Waals surface area (Å²) in [6.07, 6.45) is 0.576. The van der Waals surface area contributed by atoms with Crippen LogP contribution in [0.1, 0.15) is 24.8 Å². The van der Waals surface area contributed by atoms with Gasteiger partial charge in [0.15, 0.2) is 0 Å². The third-order valence-corrected chi connectivity index (χ3v) is 1.89. The SMILES string of the molecule is CCC(C(=O)[O-])c1ccccc1.[K+]. The van der Waals surface area contributed by atoms with E-state index in [-0.39, 0.29) is 51.4 Å². The van der Waals surface area contributed by atoms with Crippen molar-refractivity contribution in [2.24, 2.45) is 0 Å². The van der Waals surface area contributed by atoms with Crippen molar-refractivity contribution in [2.45, 2.75) is 19.3 Å². The first kappa shape index (κ1) is 13.3. The van der Waals surface area contributed by atoms with E-state index in [1.54, 1.807) is 0 Å². The first-order chi connectivity index (χ1) is 5.75. The number of hydrogen-bond acceptors (Lipinski definition) is 2. The van der Waals surface area contributed by atoms with E-state index >= 15 is 0 Å². The Balaban J connectivity index is 0.00000144. The molecule has 64 valence electrons. The molecule has 1 aromatic carbocycles. The molecule has 0 aliphatic carbocycles. The minimum atomic E-state index is -0.997. The quantitative estimate of drug-likeness (QED) is 0.529. The average Bonchev–Trinajstić information content (AvgIpc) is 2.07. The van der Waals surface area contributed by atoms with Gasteiger partial charge in [0.25, 0.3) is 0 Å². The van der Waals surface area contributed by atoms with Gasteiger partial charge in [-0.05, 0) is 12.0 Å². The normalized spacial score (nSPS) is 11.5. The van der Waals surface area contributed by atoms with Gasteiger partial charge in [0.1, 0.15) is 0 Å². The topological polar surface area (TPSA) is 40.1 Å². The molecule has 1 unspecified atom stereocenters. The molecule has 0 aromatic heterocycles. The summed E-state index contributed by atoms with van der Waals surface area (Å²) in [5.41, 5.74) is 0.819. The van der Waals surface area contributed by atoms with Crippen LogP contribution in [-0.2, 0) is 4.79 Å². The molecule has 0 aliphatic rings. The zero-order valence-corrected chi connectivity index (χ0v) is 11.1. The van der Waals surface area contributed by atoms with E-state index < -0.39 is 11.9 Å². The molecule has 0 fully saturated rings. The summed E-state index contributed by atoms with van der Waals surface area (Å²) in [6, 6.07) is 9.15. The van der Waals surface area contributed by atoms with Crippen LogP contribution >= 0.6 is 0 Å². The van der Waals surface area contributed by atoms with Crippen molar-refractivity contribution < 1.29 is 61.3 Å². The Morgan fingerprint density at radius 3 is 2.31 bits per heavy atom. The van der Waals surface area contributed by atoms with Crippen LogP contribution in [0.15, 0.2) is 30.3 Å². The summed E-state index contributed by atoms with van der Waals surface area (Å²) in [5, 5.41) is 10.6. The molecule has 3 heteroatoms. The van der Waals surface area contributed by atoms with Crippen LogP contribution in [0.3, 0.4) is 0 Å². The van der Waals surface area contributed by atoms with E-state index in [4.69, 9.17) is 0 Å². The minimum absolute atomic E-state index is 0. The standard InChI is InChI=1S/C10H12O2.K/c1-2-9(10(11)12)8-6-4-3-5-7-8;/h3-7,9H,2H2,1H3,(H,11,12);/q;+1/p-1. The van der Waals surface area contributed by atoms with Crippen molar-refractivity contribution in [1.82, 2.24) is 0 Å². The summed E-state index contributed by atoms with van der Waals surface area (Å²) in [5.74, 6) is -1.46. The minimum Gasteiger partial charge on any atom is -0.549 e. The second-order valence-electron chi connectivity index (χ2n) is 2.69. The third-order valence-electron chi connectivity index (χ3n) is 1.89. The molecule has 0 amide bonds. The van der Waals surface area contributed by atoms with Gasteiger partial charge >= 0.3 is 51.4 Å². The van der Waals surface area contributed by atoms with Gasteiger partial charge in [-0.2, -0.15) is 0 Å². The van der Waals surface area contributed by atoms with Crippen LogP contribution in [0.2, 0.25) is 0 Å².